The molecule has 0 fully saturated rings. The zero-order valence-electron chi connectivity index (χ0n) is 14.0. The van der Waals surface area contributed by atoms with Crippen LogP contribution in [0.5, 0.6) is 0 Å². The summed E-state index contributed by atoms with van der Waals surface area (Å²) in [6.07, 6.45) is 0. The van der Waals surface area contributed by atoms with Crippen LogP contribution in [0.4, 0.5) is 5.69 Å². The Morgan fingerprint density at radius 2 is 1.92 bits per heavy atom. The number of carbonyl (C=O) groups is 1. The molecule has 3 aromatic rings. The van der Waals surface area contributed by atoms with E-state index < -0.39 is 10.8 Å². The zero-order chi connectivity index (χ0) is 18.8. The number of thiazole rings is 1. The summed E-state index contributed by atoms with van der Waals surface area (Å²) in [6.45, 7) is 1.97. The standard InChI is InChI=1S/C18H14BrN3O3S/c1-11-16(12-6-8-14(19)9-7-12)21(2)18(26-11)20-17(23)13-4-3-5-15(10-13)22(24)25/h3-10H,1-2H3. The Kier molecular flexibility index (Phi) is 5.15. The van der Waals surface area contributed by atoms with Crippen molar-refractivity contribution < 1.29 is 9.72 Å². The number of rotatable bonds is 3. The molecule has 0 N–H and O–H groups in total. The van der Waals surface area contributed by atoms with Gasteiger partial charge in [0.2, 0.25) is 0 Å². The lowest BCUT2D eigenvalue weighted by Gasteiger charge is -2.04. The predicted molar refractivity (Wildman–Crippen MR) is 104 cm³/mol. The molecule has 2 aromatic carbocycles. The van der Waals surface area contributed by atoms with Gasteiger partial charge in [-0.3, -0.25) is 14.9 Å². The molecule has 1 aromatic heterocycles. The zero-order valence-corrected chi connectivity index (χ0v) is 16.4. The summed E-state index contributed by atoms with van der Waals surface area (Å²) >= 11 is 4.82. The molecule has 0 atom stereocenters. The molecule has 26 heavy (non-hydrogen) atoms. The molecule has 0 aliphatic carbocycles. The molecule has 0 saturated carbocycles. The van der Waals surface area contributed by atoms with Crippen molar-refractivity contribution in [3.05, 3.63) is 78.4 Å². The lowest BCUT2D eigenvalue weighted by atomic mass is 10.1. The summed E-state index contributed by atoms with van der Waals surface area (Å²) in [7, 11) is 1.85. The van der Waals surface area contributed by atoms with Crippen LogP contribution in [0.2, 0.25) is 0 Å². The van der Waals surface area contributed by atoms with Gasteiger partial charge in [0.15, 0.2) is 4.80 Å². The normalized spacial score (nSPS) is 11.6. The SMILES string of the molecule is Cc1sc(=NC(=O)c2cccc([N+](=O)[O-])c2)n(C)c1-c1ccc(Br)cc1. The van der Waals surface area contributed by atoms with Crippen LogP contribution in [-0.2, 0) is 7.05 Å². The van der Waals surface area contributed by atoms with Crippen molar-refractivity contribution in [3.8, 4) is 11.3 Å². The maximum absolute atomic E-state index is 12.4. The Balaban J connectivity index is 2.03. The van der Waals surface area contributed by atoms with Gasteiger partial charge in [-0.1, -0.05) is 34.1 Å². The molecule has 0 unspecified atom stereocenters. The van der Waals surface area contributed by atoms with E-state index in [0.29, 0.717) is 4.80 Å². The average Bonchev–Trinajstić information content (AvgIpc) is 2.89. The maximum atomic E-state index is 12.4. The number of hydrogen-bond donors (Lipinski definition) is 0. The highest BCUT2D eigenvalue weighted by atomic mass is 79.9. The van der Waals surface area contributed by atoms with Crippen LogP contribution in [0.25, 0.3) is 11.3 Å². The molecule has 0 bridgehead atoms. The Hall–Kier alpha value is -2.58. The van der Waals surface area contributed by atoms with E-state index in [1.165, 1.54) is 35.6 Å². The van der Waals surface area contributed by atoms with Gasteiger partial charge in [0, 0.05) is 34.1 Å². The van der Waals surface area contributed by atoms with Crippen LogP contribution in [0.1, 0.15) is 15.2 Å². The summed E-state index contributed by atoms with van der Waals surface area (Å²) in [5.74, 6) is -0.507. The van der Waals surface area contributed by atoms with E-state index in [0.717, 1.165) is 20.6 Å². The maximum Gasteiger partial charge on any atom is 0.279 e. The van der Waals surface area contributed by atoms with Gasteiger partial charge in [-0.25, -0.2) is 0 Å². The molecule has 0 saturated heterocycles. The fraction of sp³-hybridized carbons (Fsp3) is 0.111. The molecule has 3 rings (SSSR count). The second-order valence-corrected chi connectivity index (χ2v) is 7.68. The van der Waals surface area contributed by atoms with E-state index in [1.54, 1.807) is 0 Å². The molecular formula is C18H14BrN3O3S. The monoisotopic (exact) mass is 431 g/mol. The van der Waals surface area contributed by atoms with Gasteiger partial charge in [-0.15, -0.1) is 11.3 Å². The molecule has 6 nitrogen and oxygen atoms in total. The first-order valence-electron chi connectivity index (χ1n) is 7.62. The van der Waals surface area contributed by atoms with Gasteiger partial charge in [-0.2, -0.15) is 4.99 Å². The summed E-state index contributed by atoms with van der Waals surface area (Å²) in [4.78, 5) is 28.5. The first-order valence-corrected chi connectivity index (χ1v) is 9.23. The number of amides is 1. The largest absolute Gasteiger partial charge is 0.319 e. The van der Waals surface area contributed by atoms with Crippen molar-refractivity contribution in [2.45, 2.75) is 6.92 Å². The Morgan fingerprint density at radius 3 is 2.58 bits per heavy atom. The molecule has 0 aliphatic rings. The third-order valence-electron chi connectivity index (χ3n) is 3.82. The van der Waals surface area contributed by atoms with Crippen LogP contribution in [0, 0.1) is 17.0 Å². The van der Waals surface area contributed by atoms with E-state index in [2.05, 4.69) is 20.9 Å². The third kappa shape index (κ3) is 3.66. The van der Waals surface area contributed by atoms with E-state index in [4.69, 9.17) is 0 Å². The number of aryl methyl sites for hydroxylation is 1. The van der Waals surface area contributed by atoms with E-state index in [9.17, 15) is 14.9 Å². The van der Waals surface area contributed by atoms with E-state index in [-0.39, 0.29) is 11.3 Å². The molecule has 0 aliphatic heterocycles. The van der Waals surface area contributed by atoms with Crippen LogP contribution >= 0.6 is 27.3 Å². The Morgan fingerprint density at radius 1 is 1.23 bits per heavy atom. The van der Waals surface area contributed by atoms with Crippen LogP contribution in [0.3, 0.4) is 0 Å². The predicted octanol–water partition coefficient (Wildman–Crippen LogP) is 4.47. The fourth-order valence-corrected chi connectivity index (χ4v) is 3.84. The van der Waals surface area contributed by atoms with Crippen molar-refractivity contribution in [1.82, 2.24) is 4.57 Å². The molecule has 0 radical (unpaired) electrons. The number of hydrogen-bond acceptors (Lipinski definition) is 4. The lowest BCUT2D eigenvalue weighted by Crippen LogP contribution is -2.14. The highest BCUT2D eigenvalue weighted by Crippen LogP contribution is 2.26. The number of non-ortho nitro benzene ring substituents is 1. The van der Waals surface area contributed by atoms with Crippen molar-refractivity contribution >= 4 is 38.9 Å². The number of nitro groups is 1. The van der Waals surface area contributed by atoms with E-state index >= 15 is 0 Å². The van der Waals surface area contributed by atoms with Gasteiger partial charge in [0.05, 0.1) is 10.6 Å². The minimum atomic E-state index is -0.530. The Bertz CT molecular complexity index is 1070. The minimum absolute atomic E-state index is 0.131. The van der Waals surface area contributed by atoms with Crippen molar-refractivity contribution in [2.75, 3.05) is 0 Å². The minimum Gasteiger partial charge on any atom is -0.319 e. The fourth-order valence-electron chi connectivity index (χ4n) is 2.59. The number of nitro benzene ring substituents is 1. The Labute approximate surface area is 161 Å². The van der Waals surface area contributed by atoms with Gasteiger partial charge in [0.25, 0.3) is 11.6 Å². The average molecular weight is 432 g/mol. The number of carbonyl (C=O) groups excluding carboxylic acids is 1. The first kappa shape index (κ1) is 18.2. The summed E-state index contributed by atoms with van der Waals surface area (Å²) in [6, 6.07) is 13.5. The number of aromatic nitrogens is 1. The van der Waals surface area contributed by atoms with Gasteiger partial charge in [-0.05, 0) is 30.7 Å². The number of nitrogens with zero attached hydrogens (tertiary/aromatic N) is 3. The van der Waals surface area contributed by atoms with Crippen molar-refractivity contribution in [1.29, 1.82) is 0 Å². The summed E-state index contributed by atoms with van der Waals surface area (Å²) in [5.41, 5.74) is 2.06. The number of halogens is 1. The molecule has 8 heteroatoms. The molecule has 1 amide bonds. The van der Waals surface area contributed by atoms with Crippen molar-refractivity contribution in [2.24, 2.45) is 12.0 Å². The molecular weight excluding hydrogens is 418 g/mol. The van der Waals surface area contributed by atoms with Gasteiger partial charge in [0.1, 0.15) is 0 Å². The third-order valence-corrected chi connectivity index (χ3v) is 5.39. The second kappa shape index (κ2) is 7.35. The molecule has 132 valence electrons. The molecule has 0 spiro atoms. The van der Waals surface area contributed by atoms with Crippen molar-refractivity contribution in [3.63, 3.8) is 0 Å². The van der Waals surface area contributed by atoms with Gasteiger partial charge >= 0.3 is 0 Å². The lowest BCUT2D eigenvalue weighted by molar-refractivity contribution is -0.384. The van der Waals surface area contributed by atoms with E-state index in [1.807, 2.05) is 42.8 Å². The molecule has 1 heterocycles. The second-order valence-electron chi connectivity index (χ2n) is 5.58. The van der Waals surface area contributed by atoms with Crippen LogP contribution < -0.4 is 4.80 Å². The topological polar surface area (TPSA) is 77.5 Å². The highest BCUT2D eigenvalue weighted by molar-refractivity contribution is 9.10. The quantitative estimate of drug-likeness (QED) is 0.453. The number of benzene rings is 2. The smallest absolute Gasteiger partial charge is 0.279 e. The van der Waals surface area contributed by atoms with Crippen LogP contribution in [0.15, 0.2) is 58.0 Å². The summed E-state index contributed by atoms with van der Waals surface area (Å²) < 4.78 is 2.85. The first-order chi connectivity index (χ1) is 12.4. The highest BCUT2D eigenvalue weighted by Gasteiger charge is 2.13. The van der Waals surface area contributed by atoms with Gasteiger partial charge < -0.3 is 4.57 Å². The van der Waals surface area contributed by atoms with Crippen LogP contribution in [-0.4, -0.2) is 15.4 Å². The summed E-state index contributed by atoms with van der Waals surface area (Å²) in [5, 5.41) is 10.9.